The Balaban J connectivity index is 1.67. The maximum atomic E-state index is 13.3. The maximum Gasteiger partial charge on any atom is 0.261 e. The predicted octanol–water partition coefficient (Wildman–Crippen LogP) is 2.43. The second-order valence-electron chi connectivity index (χ2n) is 7.21. The Morgan fingerprint density at radius 1 is 1.08 bits per heavy atom. The molecule has 1 saturated heterocycles. The molecule has 1 aliphatic heterocycles. The van der Waals surface area contributed by atoms with E-state index < -0.39 is 0 Å². The minimum Gasteiger partial charge on any atom is -0.329 e. The van der Waals surface area contributed by atoms with E-state index in [0.29, 0.717) is 13.1 Å². The number of aromatic nitrogens is 1. The number of fused-ring (bicyclic) bond motifs is 1. The minimum atomic E-state index is -0.249. The van der Waals surface area contributed by atoms with E-state index in [1.165, 1.54) is 6.42 Å². The fraction of sp³-hybridized carbons (Fsp3) is 0.429. The highest BCUT2D eigenvalue weighted by Crippen LogP contribution is 2.24. The van der Waals surface area contributed by atoms with Crippen LogP contribution in [0.5, 0.6) is 0 Å². The number of carbonyl (C=O) groups is 1. The molecule has 2 N–H and O–H groups in total. The number of carbonyl (C=O) groups excluding carboxylic acids is 1. The summed E-state index contributed by atoms with van der Waals surface area (Å²) in [7, 11) is 0. The molecule has 5 nitrogen and oxygen atoms in total. The standard InChI is InChI=1S/C21H25N3O2/c25-20-17(13-16-9-5-2-6-10-18(16)23-20)21(26)24-12-11-22-14-19(24)15-7-3-1-4-8-15/h1,3-4,7-8,13,19,22H,2,5-6,9-12,14H2,(H,23,25). The number of aromatic amines is 1. The summed E-state index contributed by atoms with van der Waals surface area (Å²) in [5.41, 5.74) is 3.29. The first-order valence-electron chi connectivity index (χ1n) is 9.56. The van der Waals surface area contributed by atoms with E-state index in [-0.39, 0.29) is 23.1 Å². The SMILES string of the molecule is O=C(c1cc2c([nH]c1=O)CCCCC2)N1CCNCC1c1ccccc1. The van der Waals surface area contributed by atoms with Crippen molar-refractivity contribution in [2.45, 2.75) is 38.1 Å². The monoisotopic (exact) mass is 351 g/mol. The lowest BCUT2D eigenvalue weighted by Crippen LogP contribution is -2.49. The molecular weight excluding hydrogens is 326 g/mol. The molecule has 0 radical (unpaired) electrons. The van der Waals surface area contributed by atoms with E-state index in [1.807, 2.05) is 41.3 Å². The van der Waals surface area contributed by atoms with Gasteiger partial charge in [0, 0.05) is 25.3 Å². The Morgan fingerprint density at radius 3 is 2.73 bits per heavy atom. The molecule has 2 aromatic rings. The predicted molar refractivity (Wildman–Crippen MR) is 101 cm³/mol. The Bertz CT molecular complexity index is 844. The molecule has 1 fully saturated rings. The summed E-state index contributed by atoms with van der Waals surface area (Å²) >= 11 is 0. The summed E-state index contributed by atoms with van der Waals surface area (Å²) in [5, 5.41) is 3.36. The molecule has 136 valence electrons. The molecule has 1 unspecified atom stereocenters. The number of aryl methyl sites for hydroxylation is 2. The molecule has 1 atom stereocenters. The van der Waals surface area contributed by atoms with Gasteiger partial charge in [0.15, 0.2) is 0 Å². The number of rotatable bonds is 2. The summed E-state index contributed by atoms with van der Waals surface area (Å²) in [5.74, 6) is -0.159. The van der Waals surface area contributed by atoms with E-state index in [1.54, 1.807) is 0 Å². The van der Waals surface area contributed by atoms with Gasteiger partial charge in [0.1, 0.15) is 5.56 Å². The van der Waals surface area contributed by atoms with Crippen molar-refractivity contribution < 1.29 is 4.79 Å². The fourth-order valence-electron chi connectivity index (χ4n) is 4.09. The van der Waals surface area contributed by atoms with Gasteiger partial charge in [-0.1, -0.05) is 36.8 Å². The first kappa shape index (κ1) is 17.0. The molecule has 2 heterocycles. The number of H-pyrrole nitrogens is 1. The lowest BCUT2D eigenvalue weighted by atomic mass is 10.0. The molecule has 0 spiro atoms. The first-order valence-corrected chi connectivity index (χ1v) is 9.56. The zero-order valence-corrected chi connectivity index (χ0v) is 15.0. The molecule has 2 aliphatic rings. The van der Waals surface area contributed by atoms with Gasteiger partial charge in [0.05, 0.1) is 6.04 Å². The normalized spacial score (nSPS) is 20.3. The topological polar surface area (TPSA) is 65.2 Å². The van der Waals surface area contributed by atoms with Crippen molar-refractivity contribution in [1.29, 1.82) is 0 Å². The third kappa shape index (κ3) is 3.31. The second-order valence-corrected chi connectivity index (χ2v) is 7.21. The average molecular weight is 351 g/mol. The highest BCUT2D eigenvalue weighted by atomic mass is 16.2. The first-order chi connectivity index (χ1) is 12.7. The number of hydrogen-bond donors (Lipinski definition) is 2. The summed E-state index contributed by atoms with van der Waals surface area (Å²) < 4.78 is 0. The molecule has 5 heteroatoms. The number of nitrogens with one attached hydrogen (secondary N) is 2. The zero-order valence-electron chi connectivity index (χ0n) is 15.0. The quantitative estimate of drug-likeness (QED) is 0.817. The maximum absolute atomic E-state index is 13.3. The smallest absolute Gasteiger partial charge is 0.261 e. The van der Waals surface area contributed by atoms with E-state index in [0.717, 1.165) is 49.0 Å². The van der Waals surface area contributed by atoms with Crippen LogP contribution in [0, 0.1) is 0 Å². The summed E-state index contributed by atoms with van der Waals surface area (Å²) in [6.07, 6.45) is 5.24. The van der Waals surface area contributed by atoms with Crippen molar-refractivity contribution >= 4 is 5.91 Å². The van der Waals surface area contributed by atoms with Crippen LogP contribution in [0.25, 0.3) is 0 Å². The molecule has 1 aromatic carbocycles. The van der Waals surface area contributed by atoms with Crippen LogP contribution >= 0.6 is 0 Å². The summed E-state index contributed by atoms with van der Waals surface area (Å²) in [4.78, 5) is 30.7. The van der Waals surface area contributed by atoms with Crippen molar-refractivity contribution in [3.8, 4) is 0 Å². The van der Waals surface area contributed by atoms with Gasteiger partial charge in [0.2, 0.25) is 0 Å². The summed E-state index contributed by atoms with van der Waals surface area (Å²) in [6.45, 7) is 2.06. The molecule has 1 aliphatic carbocycles. The number of benzene rings is 1. The Morgan fingerprint density at radius 2 is 1.88 bits per heavy atom. The summed E-state index contributed by atoms with van der Waals surface area (Å²) in [6, 6.07) is 11.8. The second kappa shape index (κ2) is 7.46. The number of hydrogen-bond acceptors (Lipinski definition) is 3. The Hall–Kier alpha value is -2.40. The molecule has 4 rings (SSSR count). The van der Waals surface area contributed by atoms with Crippen LogP contribution in [0.1, 0.15) is 52.5 Å². The van der Waals surface area contributed by atoms with Gasteiger partial charge in [-0.3, -0.25) is 9.59 Å². The fourth-order valence-corrected chi connectivity index (χ4v) is 4.09. The van der Waals surface area contributed by atoms with Gasteiger partial charge >= 0.3 is 0 Å². The third-order valence-corrected chi connectivity index (χ3v) is 5.51. The van der Waals surface area contributed by atoms with Crippen molar-refractivity contribution in [3.05, 3.63) is 69.1 Å². The van der Waals surface area contributed by atoms with Crippen LogP contribution in [0.15, 0.2) is 41.2 Å². The van der Waals surface area contributed by atoms with Crippen LogP contribution in [0.3, 0.4) is 0 Å². The Labute approximate surface area is 153 Å². The van der Waals surface area contributed by atoms with E-state index >= 15 is 0 Å². The van der Waals surface area contributed by atoms with Gasteiger partial charge in [-0.25, -0.2) is 0 Å². The molecule has 0 saturated carbocycles. The van der Waals surface area contributed by atoms with Gasteiger partial charge in [-0.15, -0.1) is 0 Å². The number of nitrogens with zero attached hydrogens (tertiary/aromatic N) is 1. The highest BCUT2D eigenvalue weighted by Gasteiger charge is 2.30. The van der Waals surface area contributed by atoms with Crippen LogP contribution in [-0.4, -0.2) is 35.4 Å². The Kier molecular flexibility index (Phi) is 4.89. The van der Waals surface area contributed by atoms with Gasteiger partial charge in [0.25, 0.3) is 11.5 Å². The number of piperazine rings is 1. The number of pyridine rings is 1. The zero-order chi connectivity index (χ0) is 17.9. The van der Waals surface area contributed by atoms with Gasteiger partial charge in [-0.05, 0) is 42.9 Å². The van der Waals surface area contributed by atoms with Crippen LogP contribution in [0.2, 0.25) is 0 Å². The largest absolute Gasteiger partial charge is 0.329 e. The van der Waals surface area contributed by atoms with Gasteiger partial charge in [-0.2, -0.15) is 0 Å². The molecule has 26 heavy (non-hydrogen) atoms. The van der Waals surface area contributed by atoms with Crippen LogP contribution in [0.4, 0.5) is 0 Å². The molecular formula is C21H25N3O2. The molecule has 1 aromatic heterocycles. The van der Waals surface area contributed by atoms with E-state index in [9.17, 15) is 9.59 Å². The van der Waals surface area contributed by atoms with Crippen molar-refractivity contribution in [2.24, 2.45) is 0 Å². The van der Waals surface area contributed by atoms with E-state index in [2.05, 4.69) is 10.3 Å². The van der Waals surface area contributed by atoms with Crippen LogP contribution < -0.4 is 10.9 Å². The van der Waals surface area contributed by atoms with Crippen molar-refractivity contribution in [2.75, 3.05) is 19.6 Å². The lowest BCUT2D eigenvalue weighted by Gasteiger charge is -2.36. The number of amides is 1. The van der Waals surface area contributed by atoms with Crippen molar-refractivity contribution in [3.63, 3.8) is 0 Å². The van der Waals surface area contributed by atoms with Gasteiger partial charge < -0.3 is 15.2 Å². The van der Waals surface area contributed by atoms with E-state index in [4.69, 9.17) is 0 Å². The third-order valence-electron chi connectivity index (χ3n) is 5.51. The lowest BCUT2D eigenvalue weighted by molar-refractivity contribution is 0.0632. The highest BCUT2D eigenvalue weighted by molar-refractivity contribution is 5.94. The molecule has 1 amide bonds. The average Bonchev–Trinajstić information content (AvgIpc) is 2.92. The minimum absolute atomic E-state index is 0.0457. The molecule has 0 bridgehead atoms. The van der Waals surface area contributed by atoms with Crippen LogP contribution in [-0.2, 0) is 12.8 Å². The van der Waals surface area contributed by atoms with Crippen molar-refractivity contribution in [1.82, 2.24) is 15.2 Å².